The van der Waals surface area contributed by atoms with Gasteiger partial charge in [-0.1, -0.05) is 53.5 Å². The van der Waals surface area contributed by atoms with Gasteiger partial charge in [0.1, 0.15) is 6.04 Å². The predicted molar refractivity (Wildman–Crippen MR) is 125 cm³/mol. The number of carbonyl (C=O) groups is 2. The molecule has 0 bridgehead atoms. The Balaban J connectivity index is 1.30. The van der Waals surface area contributed by atoms with E-state index >= 15 is 0 Å². The van der Waals surface area contributed by atoms with Crippen LogP contribution in [0, 0.1) is 0 Å². The molecular weight excluding hydrogens is 449 g/mol. The molecule has 1 aromatic heterocycles. The van der Waals surface area contributed by atoms with Crippen LogP contribution in [0.3, 0.4) is 0 Å². The molecule has 0 saturated carbocycles. The minimum Gasteiger partial charge on any atom is -0.441 e. The fourth-order valence-corrected chi connectivity index (χ4v) is 4.41. The van der Waals surface area contributed by atoms with Crippen molar-refractivity contribution in [3.63, 3.8) is 0 Å². The number of nitrogens with zero attached hydrogens (tertiary/aromatic N) is 2. The summed E-state index contributed by atoms with van der Waals surface area (Å²) < 4.78 is 5.80. The molecule has 3 aromatic rings. The summed E-state index contributed by atoms with van der Waals surface area (Å²) in [6, 6.07) is 14.1. The Kier molecular flexibility index (Phi) is 7.12. The number of aryl methyl sites for hydroxylation is 1. The summed E-state index contributed by atoms with van der Waals surface area (Å²) in [5.74, 6) is 1.05. The smallest absolute Gasteiger partial charge is 0.247 e. The first kappa shape index (κ1) is 22.4. The summed E-state index contributed by atoms with van der Waals surface area (Å²) in [6.45, 7) is 0.574. The quantitative estimate of drug-likeness (QED) is 0.486. The van der Waals surface area contributed by atoms with E-state index in [-0.39, 0.29) is 11.8 Å². The molecule has 0 spiro atoms. The maximum atomic E-state index is 12.8. The molecule has 6 nitrogen and oxygen atoms in total. The predicted octanol–water partition coefficient (Wildman–Crippen LogP) is 5.60. The van der Waals surface area contributed by atoms with E-state index in [1.807, 2.05) is 30.3 Å². The molecule has 1 N–H and O–H groups in total. The second kappa shape index (κ2) is 10.2. The molecule has 1 fully saturated rings. The van der Waals surface area contributed by atoms with Crippen molar-refractivity contribution in [2.75, 3.05) is 11.9 Å². The van der Waals surface area contributed by atoms with E-state index < -0.39 is 6.04 Å². The van der Waals surface area contributed by atoms with Crippen LogP contribution in [0.4, 0.5) is 5.69 Å². The summed E-state index contributed by atoms with van der Waals surface area (Å²) in [6.07, 6.45) is 4.62. The molecule has 1 unspecified atom stereocenters. The van der Waals surface area contributed by atoms with E-state index in [0.717, 1.165) is 12.0 Å². The van der Waals surface area contributed by atoms with Gasteiger partial charge >= 0.3 is 0 Å². The number of hydrogen-bond donors (Lipinski definition) is 1. The highest BCUT2D eigenvalue weighted by atomic mass is 35.5. The van der Waals surface area contributed by atoms with Crippen LogP contribution in [-0.4, -0.2) is 34.3 Å². The number of likely N-dealkylation sites (tertiary alicyclic amines) is 1. The minimum absolute atomic E-state index is 0.0402. The summed E-state index contributed by atoms with van der Waals surface area (Å²) >= 11 is 12.0. The summed E-state index contributed by atoms with van der Waals surface area (Å²) in [5, 5.41) is 3.70. The largest absolute Gasteiger partial charge is 0.441 e. The van der Waals surface area contributed by atoms with Crippen molar-refractivity contribution < 1.29 is 14.0 Å². The molecule has 0 aliphatic carbocycles. The molecule has 0 radical (unpaired) electrons. The summed E-state index contributed by atoms with van der Waals surface area (Å²) in [4.78, 5) is 31.5. The van der Waals surface area contributed by atoms with Crippen molar-refractivity contribution in [2.45, 2.75) is 38.1 Å². The van der Waals surface area contributed by atoms with Crippen LogP contribution in [0.2, 0.25) is 10.0 Å². The lowest BCUT2D eigenvalue weighted by molar-refractivity contribution is -0.136. The maximum absolute atomic E-state index is 12.8. The van der Waals surface area contributed by atoms with Gasteiger partial charge < -0.3 is 14.6 Å². The van der Waals surface area contributed by atoms with Gasteiger partial charge in [-0.05, 0) is 37.5 Å². The van der Waals surface area contributed by atoms with E-state index in [9.17, 15) is 9.59 Å². The molecule has 1 aliphatic rings. The number of aromatic nitrogens is 1. The number of anilines is 1. The zero-order chi connectivity index (χ0) is 22.5. The minimum atomic E-state index is -0.494. The van der Waals surface area contributed by atoms with Gasteiger partial charge in [0.2, 0.25) is 11.8 Å². The molecule has 166 valence electrons. The highest BCUT2D eigenvalue weighted by Crippen LogP contribution is 2.25. The van der Waals surface area contributed by atoms with Crippen molar-refractivity contribution >= 4 is 40.7 Å². The molecule has 2 aromatic carbocycles. The van der Waals surface area contributed by atoms with Crippen LogP contribution < -0.4 is 5.32 Å². The monoisotopic (exact) mass is 471 g/mol. The fraction of sp³-hybridized carbons (Fsp3) is 0.292. The van der Waals surface area contributed by atoms with Crippen molar-refractivity contribution in [1.29, 1.82) is 0 Å². The first-order valence-corrected chi connectivity index (χ1v) is 11.3. The molecule has 2 amide bonds. The highest BCUT2D eigenvalue weighted by molar-refractivity contribution is 6.35. The average molecular weight is 472 g/mol. The van der Waals surface area contributed by atoms with Crippen LogP contribution in [0.1, 0.15) is 31.6 Å². The number of halogens is 2. The zero-order valence-electron chi connectivity index (χ0n) is 17.4. The van der Waals surface area contributed by atoms with Crippen LogP contribution in [0.15, 0.2) is 59.1 Å². The Morgan fingerprint density at radius 2 is 1.88 bits per heavy atom. The van der Waals surface area contributed by atoms with Crippen molar-refractivity contribution in [3.05, 3.63) is 70.7 Å². The van der Waals surface area contributed by atoms with Gasteiger partial charge in [0.15, 0.2) is 11.7 Å². The Hall–Kier alpha value is -2.83. The fourth-order valence-electron chi connectivity index (χ4n) is 3.89. The summed E-state index contributed by atoms with van der Waals surface area (Å²) in [7, 11) is 0. The number of nitrogens with one attached hydrogen (secondary N) is 1. The van der Waals surface area contributed by atoms with Crippen molar-refractivity contribution in [3.8, 4) is 11.3 Å². The third-order valence-electron chi connectivity index (χ3n) is 5.40. The summed E-state index contributed by atoms with van der Waals surface area (Å²) in [5.41, 5.74) is 1.49. The average Bonchev–Trinajstić information content (AvgIpc) is 3.43. The number of benzene rings is 2. The van der Waals surface area contributed by atoms with Crippen LogP contribution in [-0.2, 0) is 16.0 Å². The molecule has 4 rings (SSSR count). The highest BCUT2D eigenvalue weighted by Gasteiger charge is 2.33. The van der Waals surface area contributed by atoms with Gasteiger partial charge in [-0.15, -0.1) is 0 Å². The normalized spacial score (nSPS) is 15.7. The van der Waals surface area contributed by atoms with Gasteiger partial charge in [0, 0.05) is 40.7 Å². The Bertz CT molecular complexity index is 1080. The van der Waals surface area contributed by atoms with Gasteiger partial charge in [0.05, 0.1) is 6.20 Å². The van der Waals surface area contributed by atoms with Gasteiger partial charge in [0.25, 0.3) is 0 Å². The molecule has 1 atom stereocenters. The lowest BCUT2D eigenvalue weighted by Gasteiger charge is -2.24. The molecule has 8 heteroatoms. The van der Waals surface area contributed by atoms with Gasteiger partial charge in [-0.2, -0.15) is 0 Å². The Morgan fingerprint density at radius 3 is 2.62 bits per heavy atom. The van der Waals surface area contributed by atoms with Gasteiger partial charge in [-0.25, -0.2) is 4.98 Å². The van der Waals surface area contributed by atoms with Crippen LogP contribution in [0.5, 0.6) is 0 Å². The Labute approximate surface area is 196 Å². The third-order valence-corrected chi connectivity index (χ3v) is 5.84. The maximum Gasteiger partial charge on any atom is 0.247 e. The van der Waals surface area contributed by atoms with Crippen molar-refractivity contribution in [1.82, 2.24) is 9.88 Å². The zero-order valence-corrected chi connectivity index (χ0v) is 18.9. The topological polar surface area (TPSA) is 75.4 Å². The van der Waals surface area contributed by atoms with Crippen LogP contribution in [0.25, 0.3) is 11.3 Å². The molecule has 2 heterocycles. The number of hydrogen-bond acceptors (Lipinski definition) is 4. The third kappa shape index (κ3) is 5.50. The molecular formula is C24H23Cl2N3O3. The number of oxazole rings is 1. The van der Waals surface area contributed by atoms with E-state index in [2.05, 4.69) is 10.3 Å². The lowest BCUT2D eigenvalue weighted by Crippen LogP contribution is -2.43. The lowest BCUT2D eigenvalue weighted by atomic mass is 10.1. The standard InChI is InChI=1S/C24H23Cl2N3O3/c25-17-12-18(26)14-19(13-17)28-24(31)20-8-5-11-29(20)23(30)10-4-9-22-27-15-21(32-22)16-6-2-1-3-7-16/h1-3,6-7,12-15,20H,4-5,8-11H2,(H,28,31). The van der Waals surface area contributed by atoms with Crippen molar-refractivity contribution in [2.24, 2.45) is 0 Å². The van der Waals surface area contributed by atoms with Gasteiger partial charge in [-0.3, -0.25) is 9.59 Å². The number of carbonyl (C=O) groups excluding carboxylic acids is 2. The SMILES string of the molecule is O=C(Nc1cc(Cl)cc(Cl)c1)C1CCCN1C(=O)CCCc1ncc(-c2ccccc2)o1. The number of rotatable bonds is 7. The molecule has 32 heavy (non-hydrogen) atoms. The van der Waals surface area contributed by atoms with E-state index in [1.54, 1.807) is 29.3 Å². The first-order chi connectivity index (χ1) is 15.5. The van der Waals surface area contributed by atoms with Crippen LogP contribution >= 0.6 is 23.2 Å². The second-order valence-corrected chi connectivity index (χ2v) is 8.60. The Morgan fingerprint density at radius 1 is 1.12 bits per heavy atom. The first-order valence-electron chi connectivity index (χ1n) is 10.6. The van der Waals surface area contributed by atoms with E-state index in [0.29, 0.717) is 59.6 Å². The number of amides is 2. The molecule has 1 saturated heterocycles. The van der Waals surface area contributed by atoms with E-state index in [1.165, 1.54) is 0 Å². The molecule has 1 aliphatic heterocycles. The van der Waals surface area contributed by atoms with E-state index in [4.69, 9.17) is 27.6 Å². The second-order valence-electron chi connectivity index (χ2n) is 7.73.